The number of hydrogen-bond donors (Lipinski definition) is 2. The molecule has 0 radical (unpaired) electrons. The number of amides is 1. The molecule has 1 amide bonds. The Bertz CT molecular complexity index is 697. The van der Waals surface area contributed by atoms with Crippen LogP contribution in [0.25, 0.3) is 0 Å². The average Bonchev–Trinajstić information content (AvgIpc) is 2.77. The molecular weight excluding hydrogens is 255 g/mol. The summed E-state index contributed by atoms with van der Waals surface area (Å²) in [7, 11) is 0. The second-order valence-corrected chi connectivity index (χ2v) is 5.12. The van der Waals surface area contributed by atoms with Crippen LogP contribution < -0.4 is 11.1 Å². The van der Waals surface area contributed by atoms with Gasteiger partial charge >= 0.3 is 0 Å². The van der Waals surface area contributed by atoms with Gasteiger partial charge in [-0.1, -0.05) is 18.2 Å². The minimum atomic E-state index is -0.323. The molecule has 1 aliphatic rings. The fourth-order valence-corrected chi connectivity index (χ4v) is 2.61. The van der Waals surface area contributed by atoms with Crippen LogP contribution in [-0.4, -0.2) is 5.91 Å². The van der Waals surface area contributed by atoms with Crippen LogP contribution in [0.1, 0.15) is 28.3 Å². The van der Waals surface area contributed by atoms with Crippen LogP contribution in [0.5, 0.6) is 0 Å². The maximum Gasteiger partial charge on any atom is 0.228 e. The molecule has 0 aromatic heterocycles. The van der Waals surface area contributed by atoms with Gasteiger partial charge in [0, 0.05) is 5.69 Å². The van der Waals surface area contributed by atoms with Gasteiger partial charge in [-0.15, -0.1) is 0 Å². The molecule has 3 N–H and O–H groups in total. The summed E-state index contributed by atoms with van der Waals surface area (Å²) in [4.78, 5) is 11.4. The van der Waals surface area contributed by atoms with E-state index in [2.05, 4.69) is 5.32 Å². The van der Waals surface area contributed by atoms with Crippen LogP contribution in [0, 0.1) is 12.7 Å². The molecule has 1 aliphatic heterocycles. The van der Waals surface area contributed by atoms with E-state index < -0.39 is 0 Å². The van der Waals surface area contributed by atoms with Gasteiger partial charge in [-0.3, -0.25) is 4.79 Å². The molecule has 0 saturated heterocycles. The van der Waals surface area contributed by atoms with E-state index in [-0.39, 0.29) is 17.8 Å². The van der Waals surface area contributed by atoms with Crippen molar-refractivity contribution in [2.45, 2.75) is 19.4 Å². The van der Waals surface area contributed by atoms with Crippen molar-refractivity contribution in [3.63, 3.8) is 0 Å². The molecule has 1 unspecified atom stereocenters. The number of halogens is 1. The van der Waals surface area contributed by atoms with Crippen molar-refractivity contribution in [3.05, 3.63) is 64.5 Å². The van der Waals surface area contributed by atoms with Crippen molar-refractivity contribution in [1.29, 1.82) is 0 Å². The number of hydrogen-bond acceptors (Lipinski definition) is 2. The Morgan fingerprint density at radius 1 is 1.25 bits per heavy atom. The first-order valence-electron chi connectivity index (χ1n) is 6.49. The Morgan fingerprint density at radius 2 is 2.05 bits per heavy atom. The van der Waals surface area contributed by atoms with Crippen LogP contribution in [0.15, 0.2) is 36.4 Å². The van der Waals surface area contributed by atoms with Crippen LogP contribution in [0.4, 0.5) is 10.1 Å². The molecule has 20 heavy (non-hydrogen) atoms. The largest absolute Gasteiger partial charge is 0.326 e. The normalized spacial score (nSPS) is 14.8. The first-order valence-corrected chi connectivity index (χ1v) is 6.49. The highest BCUT2D eigenvalue weighted by atomic mass is 19.1. The number of aryl methyl sites for hydroxylation is 1. The molecule has 2 aromatic rings. The minimum Gasteiger partial charge on any atom is -0.326 e. The Balaban J connectivity index is 1.97. The van der Waals surface area contributed by atoms with Gasteiger partial charge in [0.05, 0.1) is 12.5 Å². The number of fused-ring (bicyclic) bond motifs is 1. The zero-order chi connectivity index (χ0) is 14.3. The zero-order valence-corrected chi connectivity index (χ0v) is 11.1. The number of nitrogens with one attached hydrogen (secondary N) is 1. The Labute approximate surface area is 116 Å². The second-order valence-electron chi connectivity index (χ2n) is 5.12. The third-order valence-corrected chi connectivity index (χ3v) is 3.68. The summed E-state index contributed by atoms with van der Waals surface area (Å²) in [6.07, 6.45) is 0.387. The standard InChI is InChI=1S/C16H15FN2O/c1-9-6-12(17)3-4-13(9)16(18)10-2-5-14-11(7-10)8-15(20)19-14/h2-7,16H,8,18H2,1H3,(H,19,20). The summed E-state index contributed by atoms with van der Waals surface area (Å²) in [6.45, 7) is 1.84. The quantitative estimate of drug-likeness (QED) is 0.881. The first kappa shape index (κ1) is 12.8. The smallest absolute Gasteiger partial charge is 0.228 e. The molecule has 0 bridgehead atoms. The van der Waals surface area contributed by atoms with Gasteiger partial charge < -0.3 is 11.1 Å². The van der Waals surface area contributed by atoms with Crippen LogP contribution in [0.2, 0.25) is 0 Å². The summed E-state index contributed by atoms with van der Waals surface area (Å²) >= 11 is 0. The van der Waals surface area contributed by atoms with E-state index in [0.717, 1.165) is 27.9 Å². The Morgan fingerprint density at radius 3 is 2.80 bits per heavy atom. The highest BCUT2D eigenvalue weighted by molar-refractivity contribution is 5.99. The second kappa shape index (κ2) is 4.72. The van der Waals surface area contributed by atoms with Gasteiger partial charge in [0.15, 0.2) is 0 Å². The summed E-state index contributed by atoms with van der Waals surface area (Å²) < 4.78 is 13.1. The minimum absolute atomic E-state index is 0.00341. The topological polar surface area (TPSA) is 55.1 Å². The number of carbonyl (C=O) groups excluding carboxylic acids is 1. The summed E-state index contributed by atoms with van der Waals surface area (Å²) in [5.41, 5.74) is 10.7. The molecule has 102 valence electrons. The fourth-order valence-electron chi connectivity index (χ4n) is 2.61. The average molecular weight is 270 g/mol. The SMILES string of the molecule is Cc1cc(F)ccc1C(N)c1ccc2c(c1)CC(=O)N2. The van der Waals surface area contributed by atoms with E-state index in [0.29, 0.717) is 6.42 Å². The van der Waals surface area contributed by atoms with Crippen molar-refractivity contribution in [1.82, 2.24) is 0 Å². The molecule has 2 aromatic carbocycles. The molecule has 0 fully saturated rings. The Hall–Kier alpha value is -2.20. The predicted octanol–water partition coefficient (Wildman–Crippen LogP) is 2.68. The molecule has 3 nitrogen and oxygen atoms in total. The van der Waals surface area contributed by atoms with Gasteiger partial charge in [-0.05, 0) is 47.4 Å². The fraction of sp³-hybridized carbons (Fsp3) is 0.188. The van der Waals surface area contributed by atoms with Gasteiger partial charge in [-0.2, -0.15) is 0 Å². The number of nitrogens with two attached hydrogens (primary N) is 1. The number of carbonyl (C=O) groups is 1. The van der Waals surface area contributed by atoms with Crippen LogP contribution in [0.3, 0.4) is 0 Å². The molecule has 1 atom stereocenters. The predicted molar refractivity (Wildman–Crippen MR) is 75.9 cm³/mol. The highest BCUT2D eigenvalue weighted by Gasteiger charge is 2.20. The van der Waals surface area contributed by atoms with Gasteiger partial charge in [0.25, 0.3) is 0 Å². The zero-order valence-electron chi connectivity index (χ0n) is 11.1. The van der Waals surface area contributed by atoms with E-state index in [1.807, 2.05) is 25.1 Å². The van der Waals surface area contributed by atoms with Gasteiger partial charge in [-0.25, -0.2) is 4.39 Å². The summed E-state index contributed by atoms with van der Waals surface area (Å²) in [6, 6.07) is 10.0. The van der Waals surface area contributed by atoms with Crippen molar-refractivity contribution in [2.24, 2.45) is 5.73 Å². The van der Waals surface area contributed by atoms with E-state index >= 15 is 0 Å². The highest BCUT2D eigenvalue weighted by Crippen LogP contribution is 2.29. The lowest BCUT2D eigenvalue weighted by molar-refractivity contribution is -0.115. The van der Waals surface area contributed by atoms with E-state index in [9.17, 15) is 9.18 Å². The molecular formula is C16H15FN2O. The van der Waals surface area contributed by atoms with E-state index in [1.165, 1.54) is 12.1 Å². The van der Waals surface area contributed by atoms with Crippen LogP contribution in [-0.2, 0) is 11.2 Å². The van der Waals surface area contributed by atoms with Crippen LogP contribution >= 0.6 is 0 Å². The summed E-state index contributed by atoms with van der Waals surface area (Å²) in [5.74, 6) is -0.258. The maximum absolute atomic E-state index is 13.1. The van der Waals surface area contributed by atoms with Crippen molar-refractivity contribution in [2.75, 3.05) is 5.32 Å². The van der Waals surface area contributed by atoms with Gasteiger partial charge in [0.1, 0.15) is 5.82 Å². The number of anilines is 1. The summed E-state index contributed by atoms with van der Waals surface area (Å²) in [5, 5.41) is 2.79. The van der Waals surface area contributed by atoms with Crippen molar-refractivity contribution in [3.8, 4) is 0 Å². The lowest BCUT2D eigenvalue weighted by Gasteiger charge is -2.16. The molecule has 0 aliphatic carbocycles. The third kappa shape index (κ3) is 2.18. The Kier molecular flexibility index (Phi) is 3.03. The monoisotopic (exact) mass is 270 g/mol. The molecule has 0 saturated carbocycles. The maximum atomic E-state index is 13.1. The molecule has 4 heteroatoms. The molecule has 0 spiro atoms. The number of benzene rings is 2. The third-order valence-electron chi connectivity index (χ3n) is 3.68. The van der Waals surface area contributed by atoms with Crippen molar-refractivity contribution >= 4 is 11.6 Å². The lowest BCUT2D eigenvalue weighted by Crippen LogP contribution is -2.13. The van der Waals surface area contributed by atoms with Crippen molar-refractivity contribution < 1.29 is 9.18 Å². The van der Waals surface area contributed by atoms with Gasteiger partial charge in [0.2, 0.25) is 5.91 Å². The molecule has 3 rings (SSSR count). The molecule has 1 heterocycles. The number of rotatable bonds is 2. The van der Waals surface area contributed by atoms with E-state index in [1.54, 1.807) is 6.07 Å². The first-order chi connectivity index (χ1) is 9.54. The lowest BCUT2D eigenvalue weighted by atomic mass is 9.94. The van der Waals surface area contributed by atoms with E-state index in [4.69, 9.17) is 5.73 Å².